The Morgan fingerprint density at radius 2 is 1.64 bits per heavy atom. The lowest BCUT2D eigenvalue weighted by molar-refractivity contribution is 0.00251. The summed E-state index contributed by atoms with van der Waals surface area (Å²) < 4.78 is 5.78. The number of carbonyl (C=O) groups is 2. The van der Waals surface area contributed by atoms with Crippen LogP contribution in [0, 0.1) is 25.7 Å². The third-order valence-electron chi connectivity index (χ3n) is 8.44. The van der Waals surface area contributed by atoms with Crippen molar-refractivity contribution in [3.05, 3.63) is 70.8 Å². The van der Waals surface area contributed by atoms with Crippen molar-refractivity contribution in [1.29, 1.82) is 0 Å². The first kappa shape index (κ1) is 24.8. The van der Waals surface area contributed by atoms with Crippen molar-refractivity contribution < 1.29 is 14.3 Å². The molecular weight excluding hydrogens is 452 g/mol. The number of hydrogen-bond donors (Lipinski definition) is 1. The van der Waals surface area contributed by atoms with Gasteiger partial charge in [0.25, 0.3) is 5.91 Å². The fourth-order valence-corrected chi connectivity index (χ4v) is 6.58. The quantitative estimate of drug-likeness (QED) is 0.674. The summed E-state index contributed by atoms with van der Waals surface area (Å²) >= 11 is 0. The Morgan fingerprint density at radius 1 is 0.972 bits per heavy atom. The summed E-state index contributed by atoms with van der Waals surface area (Å²) in [6, 6.07) is 16.1. The average molecular weight is 491 g/mol. The Kier molecular flexibility index (Phi) is 7.30. The van der Waals surface area contributed by atoms with Gasteiger partial charge >= 0.3 is 6.03 Å². The zero-order valence-electron chi connectivity index (χ0n) is 21.4. The van der Waals surface area contributed by atoms with Gasteiger partial charge in [0.2, 0.25) is 0 Å². The highest BCUT2D eigenvalue weighted by atomic mass is 16.5. The Balaban J connectivity index is 1.22. The number of morpholine rings is 1. The molecule has 0 aliphatic carbocycles. The van der Waals surface area contributed by atoms with E-state index >= 15 is 0 Å². The zero-order chi connectivity index (χ0) is 25.2. The molecule has 3 aliphatic heterocycles. The number of primary amides is 1. The molecule has 0 bridgehead atoms. The molecule has 3 unspecified atom stereocenters. The van der Waals surface area contributed by atoms with E-state index in [1.54, 1.807) is 4.90 Å². The maximum Gasteiger partial charge on any atom is 0.315 e. The number of fused-ring (bicyclic) bond motifs is 1. The van der Waals surface area contributed by atoms with Crippen LogP contribution in [0.25, 0.3) is 0 Å². The monoisotopic (exact) mass is 490 g/mol. The maximum absolute atomic E-state index is 13.3. The second-order valence-electron chi connectivity index (χ2n) is 10.7. The van der Waals surface area contributed by atoms with Crippen molar-refractivity contribution in [2.24, 2.45) is 17.6 Å². The molecule has 192 valence electrons. The lowest BCUT2D eigenvalue weighted by atomic mass is 9.87. The minimum absolute atomic E-state index is 0.0498. The maximum atomic E-state index is 13.3. The van der Waals surface area contributed by atoms with Crippen LogP contribution in [-0.4, -0.2) is 85.2 Å². The molecule has 3 fully saturated rings. The van der Waals surface area contributed by atoms with E-state index in [1.165, 1.54) is 5.56 Å². The fraction of sp³-hybridized carbons (Fsp3) is 0.517. The van der Waals surface area contributed by atoms with Gasteiger partial charge in [0, 0.05) is 44.2 Å². The van der Waals surface area contributed by atoms with Gasteiger partial charge in [-0.3, -0.25) is 4.79 Å². The summed E-state index contributed by atoms with van der Waals surface area (Å²) in [7, 11) is 0. The normalized spacial score (nSPS) is 25.1. The molecule has 2 aromatic rings. The van der Waals surface area contributed by atoms with Crippen LogP contribution in [0.5, 0.6) is 0 Å². The molecule has 7 nitrogen and oxygen atoms in total. The lowest BCUT2D eigenvalue weighted by Crippen LogP contribution is -2.53. The van der Waals surface area contributed by atoms with Crippen molar-refractivity contribution in [1.82, 2.24) is 14.7 Å². The summed E-state index contributed by atoms with van der Waals surface area (Å²) in [4.78, 5) is 31.9. The molecule has 7 heteroatoms. The third-order valence-corrected chi connectivity index (χ3v) is 8.44. The second kappa shape index (κ2) is 10.6. The van der Waals surface area contributed by atoms with Crippen molar-refractivity contribution in [3.63, 3.8) is 0 Å². The Labute approximate surface area is 214 Å². The molecule has 0 radical (unpaired) electrons. The highest BCUT2D eigenvalue weighted by molar-refractivity contribution is 5.97. The summed E-state index contributed by atoms with van der Waals surface area (Å²) in [6.45, 7) is 10.3. The summed E-state index contributed by atoms with van der Waals surface area (Å²) in [5, 5.41) is 0. The summed E-state index contributed by atoms with van der Waals surface area (Å²) in [6.07, 6.45) is 0.937. The van der Waals surface area contributed by atoms with E-state index in [-0.39, 0.29) is 23.9 Å². The first-order valence-electron chi connectivity index (χ1n) is 13.2. The van der Waals surface area contributed by atoms with Gasteiger partial charge in [-0.05, 0) is 55.3 Å². The zero-order valence-corrected chi connectivity index (χ0v) is 21.4. The minimum Gasteiger partial charge on any atom is -0.377 e. The summed E-state index contributed by atoms with van der Waals surface area (Å²) in [5.41, 5.74) is 9.95. The minimum atomic E-state index is -0.367. The number of urea groups is 1. The van der Waals surface area contributed by atoms with Crippen molar-refractivity contribution in [3.8, 4) is 0 Å². The SMILES string of the molecule is Cc1cccc(C)c1C(=O)N1CC2CN(CC[C@@H](c3ccccc3)C3COCCN3C(N)=O)CC2C1. The first-order valence-corrected chi connectivity index (χ1v) is 13.2. The Hall–Kier alpha value is -2.90. The molecule has 36 heavy (non-hydrogen) atoms. The largest absolute Gasteiger partial charge is 0.377 e. The van der Waals surface area contributed by atoms with Gasteiger partial charge in [-0.2, -0.15) is 0 Å². The third kappa shape index (κ3) is 5.00. The summed E-state index contributed by atoms with van der Waals surface area (Å²) in [5.74, 6) is 1.39. The van der Waals surface area contributed by atoms with Crippen LogP contribution in [0.4, 0.5) is 4.79 Å². The van der Waals surface area contributed by atoms with E-state index in [9.17, 15) is 9.59 Å². The molecule has 4 atom stereocenters. The number of benzene rings is 2. The number of aryl methyl sites for hydroxylation is 2. The van der Waals surface area contributed by atoms with Gasteiger partial charge < -0.3 is 25.2 Å². The van der Waals surface area contributed by atoms with Crippen LogP contribution in [0.3, 0.4) is 0 Å². The van der Waals surface area contributed by atoms with Crippen LogP contribution in [0.15, 0.2) is 48.5 Å². The van der Waals surface area contributed by atoms with Gasteiger partial charge in [-0.15, -0.1) is 0 Å². The van der Waals surface area contributed by atoms with Crippen LogP contribution < -0.4 is 5.73 Å². The first-order chi connectivity index (χ1) is 17.4. The number of amides is 3. The van der Waals surface area contributed by atoms with E-state index < -0.39 is 0 Å². The smallest absolute Gasteiger partial charge is 0.315 e. The van der Waals surface area contributed by atoms with Gasteiger partial charge in [-0.1, -0.05) is 48.5 Å². The molecule has 0 saturated carbocycles. The molecule has 0 spiro atoms. The molecule has 3 heterocycles. The van der Waals surface area contributed by atoms with Crippen molar-refractivity contribution in [2.45, 2.75) is 32.2 Å². The number of rotatable bonds is 6. The fourth-order valence-electron chi connectivity index (χ4n) is 6.58. The molecule has 0 aromatic heterocycles. The number of ether oxygens (including phenoxy) is 1. The highest BCUT2D eigenvalue weighted by Crippen LogP contribution is 2.35. The van der Waals surface area contributed by atoms with Crippen molar-refractivity contribution >= 4 is 11.9 Å². The van der Waals surface area contributed by atoms with Crippen LogP contribution in [0.2, 0.25) is 0 Å². The molecule has 2 aromatic carbocycles. The van der Waals surface area contributed by atoms with Gasteiger partial charge in [-0.25, -0.2) is 4.79 Å². The second-order valence-corrected chi connectivity index (χ2v) is 10.7. The number of carbonyl (C=O) groups excluding carboxylic acids is 2. The molecule has 3 saturated heterocycles. The molecule has 3 aliphatic rings. The van der Waals surface area contributed by atoms with Crippen LogP contribution in [-0.2, 0) is 4.74 Å². The average Bonchev–Trinajstić information content (AvgIpc) is 3.44. The van der Waals surface area contributed by atoms with Gasteiger partial charge in [0.15, 0.2) is 0 Å². The molecule has 2 N–H and O–H groups in total. The lowest BCUT2D eigenvalue weighted by Gasteiger charge is -2.40. The molecule has 5 rings (SSSR count). The Bertz CT molecular complexity index is 1060. The highest BCUT2D eigenvalue weighted by Gasteiger charge is 2.42. The van der Waals surface area contributed by atoms with E-state index in [1.807, 2.05) is 38.1 Å². The van der Waals surface area contributed by atoms with Crippen LogP contribution >= 0.6 is 0 Å². The van der Waals surface area contributed by atoms with E-state index in [4.69, 9.17) is 10.5 Å². The standard InChI is InChI=1S/C29H38N4O3/c1-20-7-6-8-21(2)27(20)28(34)32-17-23-15-31(16-24(23)18-32)12-11-25(22-9-4-3-5-10-22)26-19-36-14-13-33(26)29(30)35/h3-10,23-26H,11-19H2,1-2H3,(H2,30,35)/t23?,24?,25-,26?/m0/s1. The number of nitrogens with zero attached hydrogens (tertiary/aromatic N) is 3. The number of hydrogen-bond acceptors (Lipinski definition) is 4. The molecular formula is C29H38N4O3. The van der Waals surface area contributed by atoms with E-state index in [0.29, 0.717) is 31.6 Å². The number of likely N-dealkylation sites (tertiary alicyclic amines) is 2. The van der Waals surface area contributed by atoms with Crippen LogP contribution in [0.1, 0.15) is 39.4 Å². The number of nitrogens with two attached hydrogens (primary N) is 1. The Morgan fingerprint density at radius 3 is 2.28 bits per heavy atom. The predicted octanol–water partition coefficient (Wildman–Crippen LogP) is 3.26. The topological polar surface area (TPSA) is 79.1 Å². The predicted molar refractivity (Wildman–Crippen MR) is 140 cm³/mol. The molecule has 3 amide bonds. The van der Waals surface area contributed by atoms with Crippen molar-refractivity contribution in [2.75, 3.05) is 52.5 Å². The van der Waals surface area contributed by atoms with Gasteiger partial charge in [0.05, 0.1) is 19.3 Å². The van der Waals surface area contributed by atoms with E-state index in [2.05, 4.69) is 34.1 Å². The van der Waals surface area contributed by atoms with Gasteiger partial charge in [0.1, 0.15) is 0 Å². The van der Waals surface area contributed by atoms with E-state index in [0.717, 1.165) is 55.8 Å².